The monoisotopic (exact) mass is 339 g/mol. The Balaban J connectivity index is 1.79. The van der Waals surface area contributed by atoms with Crippen LogP contribution >= 0.6 is 11.8 Å². The van der Waals surface area contributed by atoms with Crippen LogP contribution in [0.1, 0.15) is 25.3 Å². The summed E-state index contributed by atoms with van der Waals surface area (Å²) in [7, 11) is 0. The molecule has 24 heavy (non-hydrogen) atoms. The van der Waals surface area contributed by atoms with Gasteiger partial charge in [-0.05, 0) is 24.6 Å². The summed E-state index contributed by atoms with van der Waals surface area (Å²) in [4.78, 5) is 7.77. The number of ether oxygens (including phenoxy) is 1. The van der Waals surface area contributed by atoms with Crippen molar-refractivity contribution >= 4 is 17.4 Å². The summed E-state index contributed by atoms with van der Waals surface area (Å²) in [5, 5.41) is 12.7. The first-order chi connectivity index (χ1) is 11.8. The van der Waals surface area contributed by atoms with Crippen LogP contribution in [-0.2, 0) is 0 Å². The van der Waals surface area contributed by atoms with Crippen LogP contribution < -0.4 is 10.1 Å². The summed E-state index contributed by atoms with van der Waals surface area (Å²) in [6.07, 6.45) is 2.57. The fourth-order valence-corrected chi connectivity index (χ4v) is 3.18. The van der Waals surface area contributed by atoms with E-state index in [-0.39, 0.29) is 6.23 Å². The van der Waals surface area contributed by atoms with E-state index in [1.54, 1.807) is 11.8 Å². The van der Waals surface area contributed by atoms with Gasteiger partial charge >= 0.3 is 0 Å². The highest BCUT2D eigenvalue weighted by atomic mass is 32.2. The Morgan fingerprint density at radius 2 is 2.08 bits per heavy atom. The number of fused-ring (bicyclic) bond motifs is 3. The number of nitrogens with zero attached hydrogens (tertiary/aromatic N) is 3. The van der Waals surface area contributed by atoms with E-state index in [1.807, 2.05) is 42.6 Å². The van der Waals surface area contributed by atoms with E-state index in [1.165, 1.54) is 0 Å². The van der Waals surface area contributed by atoms with Gasteiger partial charge in [0.25, 0.3) is 0 Å². The number of rotatable bonds is 4. The minimum atomic E-state index is -0.358. The summed E-state index contributed by atoms with van der Waals surface area (Å²) < 4.78 is 6.14. The highest BCUT2D eigenvalue weighted by molar-refractivity contribution is 7.99. The lowest BCUT2D eigenvalue weighted by molar-refractivity contribution is 0.221. The van der Waals surface area contributed by atoms with Crippen LogP contribution in [0.25, 0.3) is 11.3 Å². The molecule has 0 aliphatic carbocycles. The van der Waals surface area contributed by atoms with Gasteiger partial charge in [0.1, 0.15) is 0 Å². The lowest BCUT2D eigenvalue weighted by atomic mass is 10.1. The van der Waals surface area contributed by atoms with Gasteiger partial charge in [-0.15, -0.1) is 10.2 Å². The van der Waals surface area contributed by atoms with Crippen molar-refractivity contribution in [3.63, 3.8) is 0 Å². The van der Waals surface area contributed by atoms with E-state index in [0.29, 0.717) is 16.7 Å². The maximum absolute atomic E-state index is 6.14. The van der Waals surface area contributed by atoms with Crippen LogP contribution in [0, 0.1) is 0 Å². The largest absolute Gasteiger partial charge is 0.446 e. The Morgan fingerprint density at radius 1 is 1.17 bits per heavy atom. The predicted molar refractivity (Wildman–Crippen MR) is 94.1 cm³/mol. The molecule has 0 fully saturated rings. The van der Waals surface area contributed by atoms with E-state index in [4.69, 9.17) is 4.74 Å². The average molecular weight is 339 g/mol. The second-order valence-electron chi connectivity index (χ2n) is 5.41. The van der Waals surface area contributed by atoms with Crippen LogP contribution in [0.15, 0.2) is 47.8 Å². The van der Waals surface area contributed by atoms with Gasteiger partial charge in [-0.2, -0.15) is 4.98 Å². The molecule has 1 unspecified atom stereocenters. The van der Waals surface area contributed by atoms with Gasteiger partial charge in [0, 0.05) is 23.2 Å². The van der Waals surface area contributed by atoms with Gasteiger partial charge in [0.05, 0.1) is 5.69 Å². The first-order valence-electron chi connectivity index (χ1n) is 7.88. The normalized spacial score (nSPS) is 15.6. The Hall–Kier alpha value is -2.54. The standard InChI is InChI=1S/C17H17N5OS/c1-2-10-24-17-20-16-14(21-22-17)11-6-3-4-7-12(11)19-15(23-16)13-8-5-9-18-13/h3-9,15,18-19H,2,10H2,1H3. The molecular weight excluding hydrogens is 322 g/mol. The van der Waals surface area contributed by atoms with Crippen molar-refractivity contribution in [3.05, 3.63) is 48.3 Å². The summed E-state index contributed by atoms with van der Waals surface area (Å²) in [6.45, 7) is 2.13. The molecule has 1 aliphatic rings. The van der Waals surface area contributed by atoms with E-state index in [0.717, 1.165) is 29.1 Å². The van der Waals surface area contributed by atoms with Crippen LogP contribution in [0.3, 0.4) is 0 Å². The average Bonchev–Trinajstić information content (AvgIpc) is 3.09. The minimum absolute atomic E-state index is 0.358. The van der Waals surface area contributed by atoms with E-state index >= 15 is 0 Å². The molecule has 6 nitrogen and oxygen atoms in total. The lowest BCUT2D eigenvalue weighted by Gasteiger charge is -2.17. The van der Waals surface area contributed by atoms with Gasteiger partial charge in [0.15, 0.2) is 5.69 Å². The summed E-state index contributed by atoms with van der Waals surface area (Å²) >= 11 is 1.59. The van der Waals surface area contributed by atoms with Crippen LogP contribution in [-0.4, -0.2) is 25.9 Å². The van der Waals surface area contributed by atoms with Crippen molar-refractivity contribution in [1.82, 2.24) is 20.2 Å². The van der Waals surface area contributed by atoms with Crippen molar-refractivity contribution in [3.8, 4) is 17.1 Å². The molecule has 0 bridgehead atoms. The molecule has 0 amide bonds. The summed E-state index contributed by atoms with van der Waals surface area (Å²) in [5.74, 6) is 1.45. The number of H-pyrrole nitrogens is 1. The van der Waals surface area contributed by atoms with Crippen molar-refractivity contribution in [2.45, 2.75) is 24.7 Å². The van der Waals surface area contributed by atoms with Crippen molar-refractivity contribution in [2.24, 2.45) is 0 Å². The second-order valence-corrected chi connectivity index (χ2v) is 6.47. The molecular formula is C17H17N5OS. The van der Waals surface area contributed by atoms with E-state index in [9.17, 15) is 0 Å². The molecule has 7 heteroatoms. The molecule has 2 aromatic heterocycles. The Kier molecular flexibility index (Phi) is 4.08. The zero-order valence-electron chi connectivity index (χ0n) is 13.2. The smallest absolute Gasteiger partial charge is 0.247 e. The van der Waals surface area contributed by atoms with E-state index < -0.39 is 0 Å². The molecule has 1 aliphatic heterocycles. The van der Waals surface area contributed by atoms with Crippen LogP contribution in [0.2, 0.25) is 0 Å². The Labute approximate surface area is 144 Å². The third-order valence-corrected chi connectivity index (χ3v) is 4.72. The second kappa shape index (κ2) is 6.52. The molecule has 122 valence electrons. The molecule has 4 rings (SSSR count). The fraction of sp³-hybridized carbons (Fsp3) is 0.235. The van der Waals surface area contributed by atoms with Crippen LogP contribution in [0.5, 0.6) is 5.88 Å². The number of anilines is 1. The molecule has 2 N–H and O–H groups in total. The van der Waals surface area contributed by atoms with Crippen molar-refractivity contribution in [1.29, 1.82) is 0 Å². The SMILES string of the molecule is CCCSc1nnc2c(n1)OC(c1ccc[nH]1)Nc1ccccc1-2. The number of para-hydroxylation sites is 1. The van der Waals surface area contributed by atoms with Crippen LogP contribution in [0.4, 0.5) is 5.69 Å². The summed E-state index contributed by atoms with van der Waals surface area (Å²) in [5.41, 5.74) is 3.47. The zero-order chi connectivity index (χ0) is 16.4. The third-order valence-electron chi connectivity index (χ3n) is 3.67. The van der Waals surface area contributed by atoms with Gasteiger partial charge in [0.2, 0.25) is 17.3 Å². The molecule has 3 aromatic rings. The molecule has 0 radical (unpaired) electrons. The predicted octanol–water partition coefficient (Wildman–Crippen LogP) is 3.87. The van der Waals surface area contributed by atoms with Gasteiger partial charge in [-0.1, -0.05) is 36.9 Å². The minimum Gasteiger partial charge on any atom is -0.446 e. The quantitative estimate of drug-likeness (QED) is 0.703. The Bertz CT molecular complexity index is 837. The molecule has 1 atom stereocenters. The molecule has 0 spiro atoms. The molecule has 0 saturated heterocycles. The highest BCUT2D eigenvalue weighted by Gasteiger charge is 2.26. The lowest BCUT2D eigenvalue weighted by Crippen LogP contribution is -2.17. The van der Waals surface area contributed by atoms with Crippen molar-refractivity contribution < 1.29 is 4.74 Å². The highest BCUT2D eigenvalue weighted by Crippen LogP contribution is 2.39. The van der Waals surface area contributed by atoms with Crippen molar-refractivity contribution in [2.75, 3.05) is 11.1 Å². The summed E-state index contributed by atoms with van der Waals surface area (Å²) in [6, 6.07) is 11.9. The number of aromatic nitrogens is 4. The van der Waals surface area contributed by atoms with E-state index in [2.05, 4.69) is 32.4 Å². The van der Waals surface area contributed by atoms with Gasteiger partial charge < -0.3 is 15.0 Å². The molecule has 0 saturated carbocycles. The van der Waals surface area contributed by atoms with Gasteiger partial charge in [-0.3, -0.25) is 0 Å². The maximum Gasteiger partial charge on any atom is 0.247 e. The zero-order valence-corrected chi connectivity index (χ0v) is 14.0. The number of hydrogen-bond acceptors (Lipinski definition) is 6. The van der Waals surface area contributed by atoms with Gasteiger partial charge in [-0.25, -0.2) is 0 Å². The number of hydrogen-bond donors (Lipinski definition) is 2. The number of nitrogens with one attached hydrogen (secondary N) is 2. The maximum atomic E-state index is 6.14. The fourth-order valence-electron chi connectivity index (χ4n) is 2.55. The molecule has 1 aromatic carbocycles. The third kappa shape index (κ3) is 2.82. The molecule has 3 heterocycles. The first-order valence-corrected chi connectivity index (χ1v) is 8.87. The topological polar surface area (TPSA) is 75.7 Å². The number of aromatic amines is 1. The first kappa shape index (κ1) is 15.0. The number of thioether (sulfide) groups is 1. The Morgan fingerprint density at radius 3 is 2.92 bits per heavy atom. The number of benzene rings is 1.